The molecule has 0 bridgehead atoms. The van der Waals surface area contributed by atoms with Gasteiger partial charge in [-0.2, -0.15) is 0 Å². The molecule has 0 aromatic heterocycles. The first-order valence-electron chi connectivity index (χ1n) is 6.22. The third-order valence-electron chi connectivity index (χ3n) is 4.27. The lowest BCUT2D eigenvalue weighted by Crippen LogP contribution is -2.21. The Morgan fingerprint density at radius 2 is 1.79 bits per heavy atom. The second-order valence-electron chi connectivity index (χ2n) is 6.33. The highest BCUT2D eigenvalue weighted by atomic mass is 15.2. The van der Waals surface area contributed by atoms with Gasteiger partial charge in [-0.3, -0.25) is 0 Å². The van der Waals surface area contributed by atoms with E-state index in [0.717, 1.165) is 17.8 Å². The van der Waals surface area contributed by atoms with E-state index >= 15 is 0 Å². The lowest BCUT2D eigenvalue weighted by molar-refractivity contribution is 0.249. The fourth-order valence-corrected chi connectivity index (χ4v) is 3.58. The molecule has 1 heteroatoms. The van der Waals surface area contributed by atoms with Gasteiger partial charge < -0.3 is 4.90 Å². The normalized spacial score (nSPS) is 37.3. The smallest absolute Gasteiger partial charge is 0.00127 e. The van der Waals surface area contributed by atoms with Crippen LogP contribution in [0.25, 0.3) is 0 Å². The monoisotopic (exact) mass is 195 g/mol. The predicted octanol–water partition coefficient (Wildman–Crippen LogP) is 3.01. The van der Waals surface area contributed by atoms with Crippen molar-refractivity contribution in [1.82, 2.24) is 4.90 Å². The molecule has 14 heavy (non-hydrogen) atoms. The summed E-state index contributed by atoms with van der Waals surface area (Å²) in [6, 6.07) is 0. The van der Waals surface area contributed by atoms with E-state index in [9.17, 15) is 0 Å². The SMILES string of the molecule is CCCC(C)(C)CC1C2CN(C)CC21. The van der Waals surface area contributed by atoms with E-state index in [1.165, 1.54) is 32.4 Å². The zero-order valence-corrected chi connectivity index (χ0v) is 10.2. The van der Waals surface area contributed by atoms with Crippen LogP contribution in [0.1, 0.15) is 40.0 Å². The summed E-state index contributed by atoms with van der Waals surface area (Å²) in [5.41, 5.74) is 0.600. The molecule has 2 fully saturated rings. The summed E-state index contributed by atoms with van der Waals surface area (Å²) in [5, 5.41) is 0. The van der Waals surface area contributed by atoms with Crippen molar-refractivity contribution in [2.75, 3.05) is 20.1 Å². The summed E-state index contributed by atoms with van der Waals surface area (Å²) in [7, 11) is 2.26. The van der Waals surface area contributed by atoms with Crippen molar-refractivity contribution in [3.05, 3.63) is 0 Å². The molecule has 1 heterocycles. The zero-order valence-electron chi connectivity index (χ0n) is 10.2. The second-order valence-corrected chi connectivity index (χ2v) is 6.33. The van der Waals surface area contributed by atoms with Crippen molar-refractivity contribution in [3.63, 3.8) is 0 Å². The molecule has 1 saturated heterocycles. The van der Waals surface area contributed by atoms with Crippen molar-refractivity contribution < 1.29 is 0 Å². The first kappa shape index (κ1) is 10.5. The van der Waals surface area contributed by atoms with Gasteiger partial charge >= 0.3 is 0 Å². The molecule has 0 aromatic carbocycles. The van der Waals surface area contributed by atoms with Gasteiger partial charge in [-0.15, -0.1) is 0 Å². The number of rotatable bonds is 4. The average molecular weight is 195 g/mol. The van der Waals surface area contributed by atoms with Crippen LogP contribution < -0.4 is 0 Å². The number of hydrogen-bond donors (Lipinski definition) is 0. The quantitative estimate of drug-likeness (QED) is 0.666. The van der Waals surface area contributed by atoms with Crippen molar-refractivity contribution in [2.45, 2.75) is 40.0 Å². The van der Waals surface area contributed by atoms with Crippen molar-refractivity contribution in [2.24, 2.45) is 23.2 Å². The molecule has 0 aromatic rings. The molecule has 1 aliphatic carbocycles. The second kappa shape index (κ2) is 3.52. The molecular weight excluding hydrogens is 170 g/mol. The van der Waals surface area contributed by atoms with Crippen molar-refractivity contribution >= 4 is 0 Å². The summed E-state index contributed by atoms with van der Waals surface area (Å²) in [5.74, 6) is 3.21. The Balaban J connectivity index is 1.79. The van der Waals surface area contributed by atoms with Crippen LogP contribution in [0.2, 0.25) is 0 Å². The van der Waals surface area contributed by atoms with Crippen LogP contribution in [0, 0.1) is 23.2 Å². The van der Waals surface area contributed by atoms with E-state index in [-0.39, 0.29) is 0 Å². The molecule has 0 radical (unpaired) electrons. The minimum atomic E-state index is 0.600. The number of nitrogens with zero attached hydrogens (tertiary/aromatic N) is 1. The fourth-order valence-electron chi connectivity index (χ4n) is 3.58. The Bertz CT molecular complexity index is 197. The van der Waals surface area contributed by atoms with Crippen molar-refractivity contribution in [3.8, 4) is 0 Å². The van der Waals surface area contributed by atoms with Crippen LogP contribution in [-0.2, 0) is 0 Å². The third kappa shape index (κ3) is 1.98. The van der Waals surface area contributed by atoms with Crippen LogP contribution >= 0.6 is 0 Å². The van der Waals surface area contributed by atoms with E-state index in [1.807, 2.05) is 0 Å². The summed E-state index contributed by atoms with van der Waals surface area (Å²) in [6.45, 7) is 9.96. The molecule has 2 unspecified atom stereocenters. The van der Waals surface area contributed by atoms with E-state index < -0.39 is 0 Å². The molecule has 2 atom stereocenters. The molecule has 82 valence electrons. The van der Waals surface area contributed by atoms with Gasteiger partial charge in [0.1, 0.15) is 0 Å². The Morgan fingerprint density at radius 1 is 1.21 bits per heavy atom. The minimum Gasteiger partial charge on any atom is -0.306 e. The molecule has 0 N–H and O–H groups in total. The number of hydrogen-bond acceptors (Lipinski definition) is 1. The number of fused-ring (bicyclic) bond motifs is 1. The van der Waals surface area contributed by atoms with E-state index in [0.29, 0.717) is 5.41 Å². The van der Waals surface area contributed by atoms with Gasteiger partial charge in [0.2, 0.25) is 0 Å². The van der Waals surface area contributed by atoms with Gasteiger partial charge in [-0.25, -0.2) is 0 Å². The van der Waals surface area contributed by atoms with Crippen LogP contribution in [0.15, 0.2) is 0 Å². The Morgan fingerprint density at radius 3 is 2.29 bits per heavy atom. The molecule has 1 aliphatic heterocycles. The van der Waals surface area contributed by atoms with Crippen LogP contribution in [0.5, 0.6) is 0 Å². The molecule has 1 saturated carbocycles. The van der Waals surface area contributed by atoms with E-state index in [1.54, 1.807) is 0 Å². The maximum absolute atomic E-state index is 2.50. The maximum Gasteiger partial charge on any atom is 0.00127 e. The Hall–Kier alpha value is -0.0400. The standard InChI is InChI=1S/C13H25N/c1-5-6-13(2,3)7-10-11-8-14(4)9-12(10)11/h10-12H,5-9H2,1-4H3. The summed E-state index contributed by atoms with van der Waals surface area (Å²) < 4.78 is 0. The summed E-state index contributed by atoms with van der Waals surface area (Å²) in [4.78, 5) is 2.50. The Labute approximate surface area is 88.9 Å². The molecular formula is C13H25N. The largest absolute Gasteiger partial charge is 0.306 e. The highest BCUT2D eigenvalue weighted by molar-refractivity contribution is 5.05. The van der Waals surface area contributed by atoms with Gasteiger partial charge in [0.25, 0.3) is 0 Å². The summed E-state index contributed by atoms with van der Waals surface area (Å²) in [6.07, 6.45) is 4.22. The predicted molar refractivity (Wildman–Crippen MR) is 61.3 cm³/mol. The van der Waals surface area contributed by atoms with Crippen molar-refractivity contribution in [1.29, 1.82) is 0 Å². The highest BCUT2D eigenvalue weighted by Crippen LogP contribution is 2.56. The number of piperidine rings is 1. The molecule has 2 aliphatic rings. The van der Waals surface area contributed by atoms with Gasteiger partial charge in [0.15, 0.2) is 0 Å². The van der Waals surface area contributed by atoms with Gasteiger partial charge in [-0.1, -0.05) is 27.2 Å². The lowest BCUT2D eigenvalue weighted by Gasteiger charge is -2.25. The van der Waals surface area contributed by atoms with E-state index in [2.05, 4.69) is 32.7 Å². The van der Waals surface area contributed by atoms with Crippen LogP contribution in [0.3, 0.4) is 0 Å². The molecule has 0 spiro atoms. The first-order valence-corrected chi connectivity index (χ1v) is 6.22. The number of likely N-dealkylation sites (tertiary alicyclic amines) is 1. The molecule has 2 rings (SSSR count). The average Bonchev–Trinajstić information content (AvgIpc) is 2.56. The lowest BCUT2D eigenvalue weighted by atomic mass is 9.82. The van der Waals surface area contributed by atoms with Crippen LogP contribution in [0.4, 0.5) is 0 Å². The third-order valence-corrected chi connectivity index (χ3v) is 4.27. The van der Waals surface area contributed by atoms with Gasteiger partial charge in [-0.05, 0) is 43.1 Å². The van der Waals surface area contributed by atoms with E-state index in [4.69, 9.17) is 0 Å². The molecule has 0 amide bonds. The Kier molecular flexibility index (Phi) is 2.63. The topological polar surface area (TPSA) is 3.24 Å². The first-order chi connectivity index (χ1) is 6.53. The maximum atomic E-state index is 2.50. The summed E-state index contributed by atoms with van der Waals surface area (Å²) >= 11 is 0. The fraction of sp³-hybridized carbons (Fsp3) is 1.00. The zero-order chi connectivity index (χ0) is 10.3. The minimum absolute atomic E-state index is 0.600. The van der Waals surface area contributed by atoms with Gasteiger partial charge in [0, 0.05) is 13.1 Å². The highest BCUT2D eigenvalue weighted by Gasteiger charge is 2.55. The van der Waals surface area contributed by atoms with Crippen LogP contribution in [-0.4, -0.2) is 25.0 Å². The molecule has 1 nitrogen and oxygen atoms in total. The van der Waals surface area contributed by atoms with Gasteiger partial charge in [0.05, 0.1) is 0 Å².